The summed E-state index contributed by atoms with van der Waals surface area (Å²) in [6.45, 7) is 7.88. The fourth-order valence-corrected chi connectivity index (χ4v) is 6.70. The first-order chi connectivity index (χ1) is 19.7. The Kier molecular flexibility index (Phi) is 8.18. The van der Waals surface area contributed by atoms with E-state index in [1.165, 1.54) is 6.26 Å². The van der Waals surface area contributed by atoms with Crippen molar-refractivity contribution >= 4 is 32.8 Å². The Bertz CT molecular complexity index is 1580. The first kappa shape index (κ1) is 28.4. The third-order valence-electron chi connectivity index (χ3n) is 8.00. The molecule has 2 aliphatic rings. The number of carbonyl (C=O) groups is 1. The van der Waals surface area contributed by atoms with Gasteiger partial charge in [-0.15, -0.1) is 0 Å². The van der Waals surface area contributed by atoms with Gasteiger partial charge in [-0.25, -0.2) is 14.0 Å². The van der Waals surface area contributed by atoms with Crippen LogP contribution in [0, 0.1) is 30.0 Å². The van der Waals surface area contributed by atoms with E-state index in [1.807, 2.05) is 67.3 Å². The molecule has 1 atom stereocenters. The zero-order chi connectivity index (χ0) is 29.1. The summed E-state index contributed by atoms with van der Waals surface area (Å²) in [5.74, 6) is 0.664. The number of rotatable bonds is 6. The molecule has 2 saturated heterocycles. The van der Waals surface area contributed by atoms with Gasteiger partial charge in [0.1, 0.15) is 17.6 Å². The van der Waals surface area contributed by atoms with Gasteiger partial charge in [0.05, 0.1) is 31.6 Å². The van der Waals surface area contributed by atoms with Crippen LogP contribution in [-0.2, 0) is 9.73 Å². The second-order valence-corrected chi connectivity index (χ2v) is 13.1. The van der Waals surface area contributed by atoms with Crippen molar-refractivity contribution in [2.75, 3.05) is 60.6 Å². The molecule has 1 aromatic heterocycles. The normalized spacial score (nSPS) is 17.6. The highest BCUT2D eigenvalue weighted by Gasteiger charge is 2.28. The SMILES string of the molecule is Cc1cc(C)c(C(=O)N2CCN(c3ccccc3[S@@](C)(=N)=O)CC2)nc1NC1CCN(c2ccccc2C#N)CC1. The lowest BCUT2D eigenvalue weighted by atomic mass is 10.0. The van der Waals surface area contributed by atoms with Gasteiger partial charge in [-0.3, -0.25) is 4.79 Å². The summed E-state index contributed by atoms with van der Waals surface area (Å²) in [6, 6.07) is 19.6. The lowest BCUT2D eigenvalue weighted by molar-refractivity contribution is 0.0740. The first-order valence-electron chi connectivity index (χ1n) is 14.0. The van der Waals surface area contributed by atoms with E-state index in [0.717, 1.165) is 54.3 Å². The Balaban J connectivity index is 1.24. The van der Waals surface area contributed by atoms with Gasteiger partial charge < -0.3 is 20.0 Å². The molecule has 214 valence electrons. The lowest BCUT2D eigenvalue weighted by Gasteiger charge is -2.37. The Morgan fingerprint density at radius 2 is 1.56 bits per heavy atom. The predicted octanol–water partition coefficient (Wildman–Crippen LogP) is 4.65. The number of piperidine rings is 1. The minimum atomic E-state index is -2.86. The number of hydrogen-bond acceptors (Lipinski definition) is 8. The number of pyridine rings is 1. The summed E-state index contributed by atoms with van der Waals surface area (Å²) in [6.07, 6.45) is 3.26. The largest absolute Gasteiger partial charge is 0.370 e. The second-order valence-electron chi connectivity index (χ2n) is 10.9. The van der Waals surface area contributed by atoms with E-state index in [-0.39, 0.29) is 11.9 Å². The number of aryl methyl sites for hydroxylation is 2. The fraction of sp³-hybridized carbons (Fsp3) is 0.387. The number of benzene rings is 2. The number of hydrogen-bond donors (Lipinski definition) is 2. The summed E-state index contributed by atoms with van der Waals surface area (Å²) >= 11 is 0. The fourth-order valence-electron chi connectivity index (χ4n) is 5.76. The molecule has 0 unspecified atom stereocenters. The molecule has 0 radical (unpaired) electrons. The Morgan fingerprint density at radius 3 is 2.22 bits per heavy atom. The van der Waals surface area contributed by atoms with E-state index in [0.29, 0.717) is 42.3 Å². The average molecular weight is 572 g/mol. The van der Waals surface area contributed by atoms with Gasteiger partial charge in [-0.1, -0.05) is 30.3 Å². The highest BCUT2D eigenvalue weighted by Crippen LogP contribution is 2.28. The van der Waals surface area contributed by atoms with Gasteiger partial charge in [-0.2, -0.15) is 5.26 Å². The van der Waals surface area contributed by atoms with Gasteiger partial charge in [-0.05, 0) is 62.1 Å². The van der Waals surface area contributed by atoms with Gasteiger partial charge in [0.2, 0.25) is 0 Å². The maximum absolute atomic E-state index is 13.6. The third-order valence-corrected chi connectivity index (χ3v) is 9.18. The molecule has 41 heavy (non-hydrogen) atoms. The molecule has 2 aromatic carbocycles. The van der Waals surface area contributed by atoms with Gasteiger partial charge in [0.25, 0.3) is 5.91 Å². The molecular weight excluding hydrogens is 534 g/mol. The van der Waals surface area contributed by atoms with Gasteiger partial charge >= 0.3 is 0 Å². The van der Waals surface area contributed by atoms with Crippen LogP contribution in [0.25, 0.3) is 0 Å². The Morgan fingerprint density at radius 1 is 0.951 bits per heavy atom. The van der Waals surface area contributed by atoms with Crippen molar-refractivity contribution in [3.8, 4) is 6.07 Å². The van der Waals surface area contributed by atoms with E-state index in [2.05, 4.69) is 21.2 Å². The van der Waals surface area contributed by atoms with E-state index in [4.69, 9.17) is 9.76 Å². The van der Waals surface area contributed by atoms with Crippen molar-refractivity contribution in [2.24, 2.45) is 0 Å². The average Bonchev–Trinajstić information content (AvgIpc) is 2.98. The summed E-state index contributed by atoms with van der Waals surface area (Å²) < 4.78 is 20.6. The minimum absolute atomic E-state index is 0.0822. The highest BCUT2D eigenvalue weighted by atomic mass is 32.2. The van der Waals surface area contributed by atoms with Crippen LogP contribution in [-0.4, -0.2) is 71.6 Å². The number of nitrogens with one attached hydrogen (secondary N) is 2. The third kappa shape index (κ3) is 6.15. The molecule has 2 fully saturated rings. The van der Waals surface area contributed by atoms with Crippen LogP contribution in [0.5, 0.6) is 0 Å². The quantitative estimate of drug-likeness (QED) is 0.442. The number of nitriles is 1. The maximum atomic E-state index is 13.6. The summed E-state index contributed by atoms with van der Waals surface area (Å²) in [7, 11) is -2.86. The Labute approximate surface area is 242 Å². The molecule has 0 spiro atoms. The second kappa shape index (κ2) is 11.8. The van der Waals surface area contributed by atoms with Crippen molar-refractivity contribution in [3.63, 3.8) is 0 Å². The number of piperazine rings is 1. The van der Waals surface area contributed by atoms with E-state index in [1.54, 1.807) is 6.07 Å². The molecule has 9 nitrogen and oxygen atoms in total. The number of aromatic nitrogens is 1. The number of amides is 1. The van der Waals surface area contributed by atoms with Crippen molar-refractivity contribution in [1.82, 2.24) is 9.88 Å². The molecule has 0 bridgehead atoms. The van der Waals surface area contributed by atoms with E-state index >= 15 is 0 Å². The number of para-hydroxylation sites is 2. The van der Waals surface area contributed by atoms with Crippen molar-refractivity contribution < 1.29 is 9.00 Å². The topological polar surface area (TPSA) is 116 Å². The van der Waals surface area contributed by atoms with E-state index < -0.39 is 9.73 Å². The minimum Gasteiger partial charge on any atom is -0.370 e. The number of carbonyl (C=O) groups excluding carboxylic acids is 1. The molecule has 1 amide bonds. The summed E-state index contributed by atoms with van der Waals surface area (Å²) in [4.78, 5) is 25.2. The predicted molar refractivity (Wildman–Crippen MR) is 163 cm³/mol. The molecule has 0 aliphatic carbocycles. The zero-order valence-electron chi connectivity index (χ0n) is 23.9. The standard InChI is InChI=1S/C31H37N7O2S/c1-22-20-23(2)30(34-25-12-14-36(15-13-25)26-9-5-4-8-24(26)21-32)35-29(22)31(39)38-18-16-37(17-19-38)27-10-6-7-11-28(27)41(3,33)40/h4-11,20,25,33H,12-19H2,1-3H3,(H,34,35)/t41-/m0/s1. The Hall–Kier alpha value is -4.10. The monoisotopic (exact) mass is 571 g/mol. The van der Waals surface area contributed by atoms with Crippen LogP contribution < -0.4 is 15.1 Å². The molecular formula is C31H37N7O2S. The zero-order valence-corrected chi connectivity index (χ0v) is 24.7. The first-order valence-corrected chi connectivity index (χ1v) is 16.0. The van der Waals surface area contributed by atoms with Crippen molar-refractivity contribution in [2.45, 2.75) is 37.6 Å². The molecule has 10 heteroatoms. The summed E-state index contributed by atoms with van der Waals surface area (Å²) in [5.41, 5.74) is 4.82. The molecule has 3 aromatic rings. The van der Waals surface area contributed by atoms with Crippen molar-refractivity contribution in [3.05, 3.63) is 77.0 Å². The number of nitrogens with zero attached hydrogens (tertiary/aromatic N) is 5. The van der Waals surface area contributed by atoms with Crippen LogP contribution in [0.4, 0.5) is 17.2 Å². The molecule has 2 aliphatic heterocycles. The van der Waals surface area contributed by atoms with Crippen LogP contribution in [0.2, 0.25) is 0 Å². The van der Waals surface area contributed by atoms with Crippen molar-refractivity contribution in [1.29, 1.82) is 10.0 Å². The molecule has 2 N–H and O–H groups in total. The lowest BCUT2D eigenvalue weighted by Crippen LogP contribution is -2.49. The molecule has 0 saturated carbocycles. The van der Waals surface area contributed by atoms with Gasteiger partial charge in [0, 0.05) is 51.6 Å². The molecule has 5 rings (SSSR count). The van der Waals surface area contributed by atoms with Crippen LogP contribution in [0.3, 0.4) is 0 Å². The van der Waals surface area contributed by atoms with Crippen LogP contribution in [0.1, 0.15) is 40.0 Å². The van der Waals surface area contributed by atoms with Gasteiger partial charge in [0.15, 0.2) is 0 Å². The molecule has 3 heterocycles. The van der Waals surface area contributed by atoms with Crippen LogP contribution in [0.15, 0.2) is 59.5 Å². The van der Waals surface area contributed by atoms with Crippen LogP contribution >= 0.6 is 0 Å². The smallest absolute Gasteiger partial charge is 0.272 e. The van der Waals surface area contributed by atoms with E-state index in [9.17, 15) is 14.3 Å². The number of anilines is 3. The summed E-state index contributed by atoms with van der Waals surface area (Å²) in [5, 5.41) is 13.1. The highest BCUT2D eigenvalue weighted by molar-refractivity contribution is 7.91. The maximum Gasteiger partial charge on any atom is 0.272 e.